The van der Waals surface area contributed by atoms with Crippen molar-refractivity contribution in [3.05, 3.63) is 0 Å². The van der Waals surface area contributed by atoms with E-state index < -0.39 is 14.0 Å². The third-order valence-corrected chi connectivity index (χ3v) is 0.203. The number of carboxylic acids is 1. The van der Waals surface area contributed by atoms with E-state index >= 15 is 0 Å². The molecule has 10 heteroatoms. The average Bonchev–Trinajstić information content (AvgIpc) is 2.30. The number of amides is 1. The summed E-state index contributed by atoms with van der Waals surface area (Å²) in [5, 5.41) is 14.4. The SMILES string of the molecule is C.CC(=O)NN.CC(=O)O.CC(C)=O.CO.C[Si](C)(C)C.NN. The molecule has 0 aromatic carbocycles. The van der Waals surface area contributed by atoms with Crippen molar-refractivity contribution in [3.63, 3.8) is 0 Å². The number of carbonyl (C=O) groups excluding carboxylic acids is 2. The Hall–Kier alpha value is -1.33. The van der Waals surface area contributed by atoms with Crippen LogP contribution in [0.15, 0.2) is 0 Å². The van der Waals surface area contributed by atoms with Crippen LogP contribution in [0.3, 0.4) is 0 Å². The largest absolute Gasteiger partial charge is 0.481 e. The predicted octanol–water partition coefficient (Wildman–Crippen LogP) is 0.700. The van der Waals surface area contributed by atoms with Gasteiger partial charge in [-0.15, -0.1) is 0 Å². The second kappa shape index (κ2) is 37.2. The fourth-order valence-corrected chi connectivity index (χ4v) is 0. The van der Waals surface area contributed by atoms with E-state index in [-0.39, 0.29) is 19.1 Å². The number of aliphatic hydroxyl groups excluding tert-OH is 1. The average molecular weight is 361 g/mol. The summed E-state index contributed by atoms with van der Waals surface area (Å²) in [6.07, 6.45) is 0. The maximum absolute atomic E-state index is 9.58. The van der Waals surface area contributed by atoms with Crippen LogP contribution < -0.4 is 23.0 Å². The zero-order valence-electron chi connectivity index (χ0n) is 15.4. The molecule has 0 saturated carbocycles. The standard InChI is InChI=1S/C4H12Si.C3H6O.C2H6N2O.C2H4O2.CH4O.CH4.H4N2/c1-5(2,3)4;1-3(2)4;1-2(5)4-3;1-2(3)4;1-2;;1-2/h1-4H3;1-2H3;3H2,1H3,(H,4,5);1H3,(H,3,4);2H,1H3;1H4;1-2H2. The summed E-state index contributed by atoms with van der Waals surface area (Å²) >= 11 is 0. The Morgan fingerprint density at radius 3 is 0.913 bits per heavy atom. The van der Waals surface area contributed by atoms with Gasteiger partial charge in [-0.2, -0.15) is 0 Å². The molecule has 0 bridgehead atoms. The third-order valence-electron chi connectivity index (χ3n) is 0.203. The number of aliphatic hydroxyl groups is 1. The summed E-state index contributed by atoms with van der Waals surface area (Å²) in [6.45, 7) is 14.8. The molecule has 0 radical (unpaired) electrons. The summed E-state index contributed by atoms with van der Waals surface area (Å²) in [5.74, 6) is 11.7. The Balaban J connectivity index is -0.0000000274. The first-order valence-corrected chi connectivity index (χ1v) is 10.2. The third kappa shape index (κ3) is 16200. The second-order valence-corrected chi connectivity index (χ2v) is 11.1. The lowest BCUT2D eigenvalue weighted by Gasteiger charge is -2.01. The van der Waals surface area contributed by atoms with E-state index in [0.29, 0.717) is 0 Å². The van der Waals surface area contributed by atoms with Crippen LogP contribution in [0.2, 0.25) is 26.2 Å². The maximum atomic E-state index is 9.58. The molecule has 9 N–H and O–H groups in total. The Morgan fingerprint density at radius 2 is 0.913 bits per heavy atom. The van der Waals surface area contributed by atoms with Crippen molar-refractivity contribution in [2.24, 2.45) is 17.5 Å². The molecule has 0 atom stereocenters. The number of ketones is 1. The molecule has 0 spiro atoms. The van der Waals surface area contributed by atoms with Gasteiger partial charge >= 0.3 is 0 Å². The van der Waals surface area contributed by atoms with Gasteiger partial charge in [0, 0.05) is 29.0 Å². The lowest BCUT2D eigenvalue weighted by molar-refractivity contribution is -0.134. The molecule has 146 valence electrons. The van der Waals surface area contributed by atoms with Gasteiger partial charge < -0.3 is 15.0 Å². The molecule has 0 heterocycles. The summed E-state index contributed by atoms with van der Waals surface area (Å²) in [7, 11) is 0.389. The van der Waals surface area contributed by atoms with Crippen molar-refractivity contribution >= 4 is 25.7 Å². The van der Waals surface area contributed by atoms with Gasteiger partial charge in [0.2, 0.25) is 5.91 Å². The number of hydrogen-bond acceptors (Lipinski definition) is 7. The molecule has 0 aromatic rings. The number of hydrazine groups is 2. The maximum Gasteiger partial charge on any atom is 0.300 e. The van der Waals surface area contributed by atoms with Crippen LogP contribution in [0.4, 0.5) is 0 Å². The van der Waals surface area contributed by atoms with Gasteiger partial charge in [0.05, 0.1) is 0 Å². The van der Waals surface area contributed by atoms with E-state index in [4.69, 9.17) is 15.0 Å². The van der Waals surface area contributed by atoms with Gasteiger partial charge in [-0.1, -0.05) is 33.6 Å². The molecule has 0 fully saturated rings. The van der Waals surface area contributed by atoms with Crippen LogP contribution in [0.1, 0.15) is 35.1 Å². The summed E-state index contributed by atoms with van der Waals surface area (Å²) in [4.78, 5) is 28.0. The second-order valence-electron chi connectivity index (χ2n) is 5.13. The molecule has 0 aliphatic rings. The molecule has 0 aliphatic carbocycles. The molecule has 0 unspecified atom stereocenters. The van der Waals surface area contributed by atoms with Crippen LogP contribution in [0.25, 0.3) is 0 Å². The minimum atomic E-state index is -0.833. The Labute approximate surface area is 142 Å². The quantitative estimate of drug-likeness (QED) is 0.158. The smallest absolute Gasteiger partial charge is 0.300 e. The summed E-state index contributed by atoms with van der Waals surface area (Å²) in [5.41, 5.74) is 1.89. The van der Waals surface area contributed by atoms with Crippen LogP contribution in [0, 0.1) is 0 Å². The molecule has 1 amide bonds. The van der Waals surface area contributed by atoms with Gasteiger partial charge in [0.25, 0.3) is 5.97 Å². The predicted molar refractivity (Wildman–Crippen MR) is 100 cm³/mol. The van der Waals surface area contributed by atoms with Crippen LogP contribution in [-0.2, 0) is 14.4 Å². The van der Waals surface area contributed by atoms with Crippen molar-refractivity contribution in [1.82, 2.24) is 5.43 Å². The highest BCUT2D eigenvalue weighted by atomic mass is 28.3. The molecule has 0 aliphatic heterocycles. The summed E-state index contributed by atoms with van der Waals surface area (Å²) in [6, 6.07) is 0. The van der Waals surface area contributed by atoms with Gasteiger partial charge in [-0.25, -0.2) is 5.84 Å². The van der Waals surface area contributed by atoms with Gasteiger partial charge in [0.1, 0.15) is 5.78 Å². The van der Waals surface area contributed by atoms with E-state index in [0.717, 1.165) is 14.0 Å². The zero-order valence-corrected chi connectivity index (χ0v) is 16.4. The Bertz CT molecular complexity index is 221. The monoisotopic (exact) mass is 360 g/mol. The molecule has 9 nitrogen and oxygen atoms in total. The molecular formula is C13H40N4O5Si. The molecule has 0 saturated heterocycles. The van der Waals surface area contributed by atoms with Gasteiger partial charge in [-0.05, 0) is 13.8 Å². The van der Waals surface area contributed by atoms with Crippen molar-refractivity contribution in [3.8, 4) is 0 Å². The van der Waals surface area contributed by atoms with Crippen molar-refractivity contribution in [1.29, 1.82) is 0 Å². The number of nitrogens with one attached hydrogen (secondary N) is 1. The molecule has 0 rings (SSSR count). The van der Waals surface area contributed by atoms with Crippen molar-refractivity contribution in [2.75, 3.05) is 7.11 Å². The lowest BCUT2D eigenvalue weighted by atomic mass is 10.6. The fraction of sp³-hybridized carbons (Fsp3) is 0.769. The fourth-order valence-electron chi connectivity index (χ4n) is 0. The zero-order chi connectivity index (χ0) is 19.9. The van der Waals surface area contributed by atoms with Crippen molar-refractivity contribution < 1.29 is 24.6 Å². The summed E-state index contributed by atoms with van der Waals surface area (Å²) < 4.78 is 0. The highest BCUT2D eigenvalue weighted by molar-refractivity contribution is 6.74. The van der Waals surface area contributed by atoms with Crippen LogP contribution >= 0.6 is 0 Å². The number of nitrogens with two attached hydrogens (primary N) is 3. The topological polar surface area (TPSA) is 182 Å². The normalized spacial score (nSPS) is 6.83. The number of aliphatic carboxylic acids is 1. The Morgan fingerprint density at radius 1 is 0.870 bits per heavy atom. The number of hydrogen-bond donors (Lipinski definition) is 6. The molecular weight excluding hydrogens is 320 g/mol. The molecule has 0 aromatic heterocycles. The first kappa shape index (κ1) is 43.0. The van der Waals surface area contributed by atoms with Crippen LogP contribution in [-0.4, -0.2) is 43.1 Å². The van der Waals surface area contributed by atoms with Gasteiger partial charge in [-0.3, -0.25) is 26.7 Å². The van der Waals surface area contributed by atoms with Crippen LogP contribution in [0.5, 0.6) is 0 Å². The molecule has 23 heavy (non-hydrogen) atoms. The van der Waals surface area contributed by atoms with Crippen molar-refractivity contribution in [2.45, 2.75) is 61.3 Å². The number of Topliss-reactive ketones (excluding diaryl/α,β-unsaturated/α-hetero) is 1. The van der Waals surface area contributed by atoms with E-state index in [1.165, 1.54) is 20.8 Å². The first-order valence-electron chi connectivity index (χ1n) is 6.16. The minimum Gasteiger partial charge on any atom is -0.481 e. The minimum absolute atomic E-state index is 0. The van der Waals surface area contributed by atoms with E-state index in [1.807, 2.05) is 5.43 Å². The Kier molecular flexibility index (Phi) is 69.5. The highest BCUT2D eigenvalue weighted by Gasteiger charge is 1.99. The number of carboxylic acid groups (broad SMARTS) is 1. The highest BCUT2D eigenvalue weighted by Crippen LogP contribution is 1.94. The first-order chi connectivity index (χ1) is 9.73. The van der Waals surface area contributed by atoms with E-state index in [2.05, 4.69) is 43.7 Å². The lowest BCUT2D eigenvalue weighted by Crippen LogP contribution is -2.26. The van der Waals surface area contributed by atoms with Gasteiger partial charge in [0.15, 0.2) is 0 Å². The van der Waals surface area contributed by atoms with E-state index in [1.54, 1.807) is 0 Å². The van der Waals surface area contributed by atoms with E-state index in [9.17, 15) is 9.59 Å². The number of carbonyl (C=O) groups is 3. The number of rotatable bonds is 0.